The molecule has 0 unspecified atom stereocenters. The fourth-order valence-electron chi connectivity index (χ4n) is 1.90. The smallest absolute Gasteiger partial charge is 0.323 e. The summed E-state index contributed by atoms with van der Waals surface area (Å²) in [5.74, 6) is -0.175. The zero-order chi connectivity index (χ0) is 14.5. The van der Waals surface area contributed by atoms with Crippen molar-refractivity contribution in [3.05, 3.63) is 41.4 Å². The summed E-state index contributed by atoms with van der Waals surface area (Å²) >= 11 is 5.85. The summed E-state index contributed by atoms with van der Waals surface area (Å²) in [7, 11) is 0. The predicted molar refractivity (Wildman–Crippen MR) is 75.8 cm³/mol. The van der Waals surface area contributed by atoms with Crippen molar-refractivity contribution in [2.75, 3.05) is 11.4 Å². The number of benzene rings is 1. The first-order valence-electron chi connectivity index (χ1n) is 6.19. The number of carbonyl (C=O) groups is 1. The molecule has 0 saturated heterocycles. The Bertz CT molecular complexity index is 582. The lowest BCUT2D eigenvalue weighted by Gasteiger charge is -2.22. The van der Waals surface area contributed by atoms with Crippen LogP contribution >= 0.6 is 11.6 Å². The maximum atomic E-state index is 11.0. The Morgan fingerprint density at radius 2 is 2.10 bits per heavy atom. The van der Waals surface area contributed by atoms with E-state index >= 15 is 0 Å². The number of anilines is 1. The summed E-state index contributed by atoms with van der Waals surface area (Å²) in [5.41, 5.74) is 0.780. The molecule has 1 aromatic heterocycles. The molecule has 0 spiro atoms. The molecule has 20 heavy (non-hydrogen) atoms. The van der Waals surface area contributed by atoms with Gasteiger partial charge in [0.15, 0.2) is 0 Å². The first kappa shape index (κ1) is 14.3. The number of nitrogens with zero attached hydrogens (tertiary/aromatic N) is 4. The van der Waals surface area contributed by atoms with Gasteiger partial charge in [0, 0.05) is 17.3 Å². The highest BCUT2D eigenvalue weighted by Crippen LogP contribution is 2.19. The van der Waals surface area contributed by atoms with Crippen molar-refractivity contribution < 1.29 is 9.90 Å². The van der Waals surface area contributed by atoms with Crippen molar-refractivity contribution in [3.8, 4) is 0 Å². The number of aliphatic carboxylic acids is 1. The average Bonchev–Trinajstić information content (AvgIpc) is 2.85. The number of aryl methyl sites for hydroxylation is 1. The molecule has 0 aliphatic carbocycles. The topological polar surface area (TPSA) is 71.2 Å². The number of hydrogen-bond donors (Lipinski definition) is 1. The minimum atomic E-state index is -0.900. The lowest BCUT2D eigenvalue weighted by atomic mass is 10.2. The fourth-order valence-corrected chi connectivity index (χ4v) is 2.03. The van der Waals surface area contributed by atoms with Crippen molar-refractivity contribution in [2.24, 2.45) is 0 Å². The van der Waals surface area contributed by atoms with Crippen LogP contribution < -0.4 is 4.90 Å². The molecule has 1 aromatic carbocycles. The first-order chi connectivity index (χ1) is 9.60. The molecule has 0 aliphatic heterocycles. The van der Waals surface area contributed by atoms with Crippen LogP contribution in [0.2, 0.25) is 5.02 Å². The van der Waals surface area contributed by atoms with Gasteiger partial charge in [-0.3, -0.25) is 4.79 Å². The van der Waals surface area contributed by atoms with Crippen LogP contribution in [0.4, 0.5) is 5.69 Å². The second-order valence-electron chi connectivity index (χ2n) is 4.22. The van der Waals surface area contributed by atoms with E-state index < -0.39 is 5.97 Å². The van der Waals surface area contributed by atoms with Crippen molar-refractivity contribution in [3.63, 3.8) is 0 Å². The molecule has 2 aromatic rings. The number of aromatic nitrogens is 3. The zero-order valence-corrected chi connectivity index (χ0v) is 11.8. The number of halogens is 1. The van der Waals surface area contributed by atoms with Gasteiger partial charge in [0.25, 0.3) is 0 Å². The molecule has 6 nitrogen and oxygen atoms in total. The van der Waals surface area contributed by atoms with Crippen molar-refractivity contribution in [1.82, 2.24) is 14.8 Å². The molecular formula is C13H15ClN4O2. The number of carboxylic acids is 1. The van der Waals surface area contributed by atoms with Gasteiger partial charge < -0.3 is 10.0 Å². The lowest BCUT2D eigenvalue weighted by molar-refractivity contribution is -0.135. The van der Waals surface area contributed by atoms with Gasteiger partial charge in [-0.15, -0.1) is 0 Å². The Kier molecular flexibility index (Phi) is 4.57. The maximum absolute atomic E-state index is 11.0. The van der Waals surface area contributed by atoms with Crippen LogP contribution in [0, 0.1) is 0 Å². The number of carboxylic acid groups (broad SMARTS) is 1. The molecule has 0 bridgehead atoms. The zero-order valence-electron chi connectivity index (χ0n) is 11.0. The fraction of sp³-hybridized carbons (Fsp3) is 0.308. The monoisotopic (exact) mass is 294 g/mol. The Morgan fingerprint density at radius 1 is 1.40 bits per heavy atom. The van der Waals surface area contributed by atoms with Crippen molar-refractivity contribution in [2.45, 2.75) is 20.0 Å². The molecular weight excluding hydrogens is 280 g/mol. The van der Waals surface area contributed by atoms with E-state index in [0.29, 0.717) is 18.1 Å². The van der Waals surface area contributed by atoms with E-state index in [1.807, 2.05) is 6.92 Å². The van der Waals surface area contributed by atoms with Crippen LogP contribution in [-0.4, -0.2) is 32.4 Å². The van der Waals surface area contributed by atoms with E-state index in [9.17, 15) is 4.79 Å². The molecule has 0 amide bonds. The quantitative estimate of drug-likeness (QED) is 0.883. The Morgan fingerprint density at radius 3 is 2.70 bits per heavy atom. The normalized spacial score (nSPS) is 10.5. The Balaban J connectivity index is 2.23. The maximum Gasteiger partial charge on any atom is 0.323 e. The minimum Gasteiger partial charge on any atom is -0.480 e. The van der Waals surface area contributed by atoms with E-state index in [0.717, 1.165) is 11.5 Å². The SMILES string of the molecule is CCn1ncnc1CN(CC(=O)O)c1ccc(Cl)cc1. The second-order valence-corrected chi connectivity index (χ2v) is 4.65. The van der Waals surface area contributed by atoms with Crippen molar-refractivity contribution in [1.29, 1.82) is 0 Å². The standard InChI is InChI=1S/C13H15ClN4O2/c1-2-18-12(15-9-16-18)7-17(8-13(19)20)11-5-3-10(14)4-6-11/h3-6,9H,2,7-8H2,1H3,(H,19,20). The molecule has 106 valence electrons. The van der Waals surface area contributed by atoms with E-state index in [4.69, 9.17) is 16.7 Å². The van der Waals surface area contributed by atoms with E-state index in [1.165, 1.54) is 6.33 Å². The molecule has 0 fully saturated rings. The molecule has 2 rings (SSSR count). The summed E-state index contributed by atoms with van der Waals surface area (Å²) in [5, 5.41) is 13.7. The van der Waals surface area contributed by atoms with Gasteiger partial charge in [-0.1, -0.05) is 11.6 Å². The van der Waals surface area contributed by atoms with Gasteiger partial charge in [-0.25, -0.2) is 9.67 Å². The highest BCUT2D eigenvalue weighted by atomic mass is 35.5. The third-order valence-electron chi connectivity index (χ3n) is 2.85. The summed E-state index contributed by atoms with van der Waals surface area (Å²) in [6, 6.07) is 7.04. The minimum absolute atomic E-state index is 0.113. The average molecular weight is 295 g/mol. The molecule has 0 aliphatic rings. The van der Waals surface area contributed by atoms with Crippen molar-refractivity contribution >= 4 is 23.3 Å². The second kappa shape index (κ2) is 6.38. The molecule has 1 heterocycles. The van der Waals surface area contributed by atoms with Crippen LogP contribution in [0.5, 0.6) is 0 Å². The number of rotatable bonds is 6. The molecule has 7 heteroatoms. The largest absolute Gasteiger partial charge is 0.480 e. The molecule has 0 saturated carbocycles. The van der Waals surface area contributed by atoms with Gasteiger partial charge in [0.1, 0.15) is 18.7 Å². The Hall–Kier alpha value is -2.08. The van der Waals surface area contributed by atoms with Gasteiger partial charge in [0.05, 0.1) is 6.54 Å². The molecule has 0 radical (unpaired) electrons. The summed E-state index contributed by atoms with van der Waals surface area (Å²) in [6.07, 6.45) is 1.47. The van der Waals surface area contributed by atoms with Gasteiger partial charge in [-0.2, -0.15) is 5.10 Å². The molecule has 0 atom stereocenters. The molecule has 1 N–H and O–H groups in total. The first-order valence-corrected chi connectivity index (χ1v) is 6.57. The highest BCUT2D eigenvalue weighted by molar-refractivity contribution is 6.30. The van der Waals surface area contributed by atoms with Crippen LogP contribution in [0.1, 0.15) is 12.7 Å². The van der Waals surface area contributed by atoms with E-state index in [2.05, 4.69) is 10.1 Å². The summed E-state index contributed by atoms with van der Waals surface area (Å²) in [6.45, 7) is 2.92. The highest BCUT2D eigenvalue weighted by Gasteiger charge is 2.14. The lowest BCUT2D eigenvalue weighted by Crippen LogP contribution is -2.30. The number of hydrogen-bond acceptors (Lipinski definition) is 4. The Labute approximate surface area is 121 Å². The van der Waals surface area contributed by atoms with Gasteiger partial charge >= 0.3 is 5.97 Å². The third-order valence-corrected chi connectivity index (χ3v) is 3.10. The van der Waals surface area contributed by atoms with Crippen LogP contribution in [0.25, 0.3) is 0 Å². The van der Waals surface area contributed by atoms with Gasteiger partial charge in [0.2, 0.25) is 0 Å². The van der Waals surface area contributed by atoms with Crippen LogP contribution in [0.3, 0.4) is 0 Å². The predicted octanol–water partition coefficient (Wildman–Crippen LogP) is 2.04. The summed E-state index contributed by atoms with van der Waals surface area (Å²) < 4.78 is 1.74. The van der Waals surface area contributed by atoms with Gasteiger partial charge in [-0.05, 0) is 31.2 Å². The van der Waals surface area contributed by atoms with Crippen LogP contribution in [0.15, 0.2) is 30.6 Å². The third kappa shape index (κ3) is 3.48. The van der Waals surface area contributed by atoms with E-state index in [-0.39, 0.29) is 6.54 Å². The van der Waals surface area contributed by atoms with E-state index in [1.54, 1.807) is 33.8 Å². The van der Waals surface area contributed by atoms with Crippen LogP contribution in [-0.2, 0) is 17.9 Å². The summed E-state index contributed by atoms with van der Waals surface area (Å²) in [4.78, 5) is 16.9.